The van der Waals surface area contributed by atoms with Gasteiger partial charge in [-0.3, -0.25) is 0 Å². The summed E-state index contributed by atoms with van der Waals surface area (Å²) in [5, 5.41) is 10.5. The highest BCUT2D eigenvalue weighted by molar-refractivity contribution is 8.03. The lowest BCUT2D eigenvalue weighted by molar-refractivity contribution is 0.399. The largest absolute Gasteiger partial charge is 0.206 e. The fraction of sp³-hybridized carbons (Fsp3) is 0.281. The average Bonchev–Trinajstić information content (AvgIpc) is 2.89. The second-order valence-corrected chi connectivity index (χ2v) is 10.0. The molecule has 1 aliphatic carbocycles. The maximum absolute atomic E-state index is 15.2. The van der Waals surface area contributed by atoms with Crippen molar-refractivity contribution < 1.29 is 13.2 Å². The number of halogens is 3. The zero-order valence-corrected chi connectivity index (χ0v) is 21.5. The Balaban J connectivity index is 1.46. The van der Waals surface area contributed by atoms with Crippen molar-refractivity contribution in [1.82, 2.24) is 0 Å². The zero-order chi connectivity index (χ0) is 26.2. The molecule has 0 spiro atoms. The first-order valence-electron chi connectivity index (χ1n) is 12.5. The van der Waals surface area contributed by atoms with Crippen LogP contribution >= 0.6 is 11.8 Å². The molecule has 0 aromatic heterocycles. The molecule has 0 N–H and O–H groups in total. The first-order valence-corrected chi connectivity index (χ1v) is 13.3. The molecule has 1 nitrogen and oxygen atoms in total. The zero-order valence-electron chi connectivity index (χ0n) is 20.6. The van der Waals surface area contributed by atoms with Gasteiger partial charge in [0.1, 0.15) is 22.9 Å². The molecular weight excluding hydrogens is 487 g/mol. The Morgan fingerprint density at radius 1 is 0.865 bits per heavy atom. The van der Waals surface area contributed by atoms with Crippen LogP contribution in [0.15, 0.2) is 53.4 Å². The van der Waals surface area contributed by atoms with E-state index < -0.39 is 17.5 Å². The molecule has 4 rings (SSSR count). The predicted octanol–water partition coefficient (Wildman–Crippen LogP) is 8.16. The van der Waals surface area contributed by atoms with Gasteiger partial charge in [0, 0.05) is 16.7 Å². The van der Waals surface area contributed by atoms with Gasteiger partial charge in [0.2, 0.25) is 0 Å². The van der Waals surface area contributed by atoms with Crippen LogP contribution in [0.1, 0.15) is 72.4 Å². The van der Waals surface area contributed by atoms with Gasteiger partial charge in [-0.15, -0.1) is 0 Å². The number of fused-ring (bicyclic) bond motifs is 1. The molecule has 1 atom stereocenters. The molecule has 1 unspecified atom stereocenters. The van der Waals surface area contributed by atoms with Crippen molar-refractivity contribution in [3.63, 3.8) is 0 Å². The van der Waals surface area contributed by atoms with E-state index in [1.807, 2.05) is 5.40 Å². The van der Waals surface area contributed by atoms with E-state index in [1.165, 1.54) is 37.5 Å². The lowest BCUT2D eigenvalue weighted by Crippen LogP contribution is -2.17. The molecule has 5 heteroatoms. The Morgan fingerprint density at radius 3 is 2.22 bits per heavy atom. The van der Waals surface area contributed by atoms with Crippen molar-refractivity contribution in [2.45, 2.75) is 56.8 Å². The van der Waals surface area contributed by atoms with Crippen molar-refractivity contribution in [3.05, 3.63) is 99.4 Å². The molecule has 3 aromatic rings. The summed E-state index contributed by atoms with van der Waals surface area (Å²) in [6.45, 7) is 2.18. The molecule has 186 valence electrons. The summed E-state index contributed by atoms with van der Waals surface area (Å²) in [5.74, 6) is 10.3. The summed E-state index contributed by atoms with van der Waals surface area (Å²) in [7, 11) is 0. The van der Waals surface area contributed by atoms with Crippen molar-refractivity contribution in [2.24, 2.45) is 5.92 Å². The molecule has 0 saturated carbocycles. The smallest absolute Gasteiger partial charge is 0.145 e. The van der Waals surface area contributed by atoms with E-state index in [0.717, 1.165) is 36.6 Å². The van der Waals surface area contributed by atoms with Gasteiger partial charge in [0.05, 0.1) is 10.5 Å². The van der Waals surface area contributed by atoms with E-state index in [9.17, 15) is 8.78 Å². The molecule has 37 heavy (non-hydrogen) atoms. The molecule has 0 radical (unpaired) electrons. The second-order valence-electron chi connectivity index (χ2n) is 9.21. The highest BCUT2D eigenvalue weighted by Gasteiger charge is 2.24. The Morgan fingerprint density at radius 2 is 1.54 bits per heavy atom. The molecule has 0 amide bonds. The van der Waals surface area contributed by atoms with E-state index in [0.29, 0.717) is 34.6 Å². The Bertz CT molecular complexity index is 1450. The topological polar surface area (TPSA) is 23.8 Å². The lowest BCUT2D eigenvalue weighted by atomic mass is 9.80. The summed E-state index contributed by atoms with van der Waals surface area (Å²) in [5.41, 5.74) is 3.03. The molecule has 0 heterocycles. The summed E-state index contributed by atoms with van der Waals surface area (Å²) < 4.78 is 43.9. The van der Waals surface area contributed by atoms with Crippen LogP contribution in [0.3, 0.4) is 0 Å². The van der Waals surface area contributed by atoms with Crippen LogP contribution in [0.2, 0.25) is 0 Å². The predicted molar refractivity (Wildman–Crippen MR) is 142 cm³/mol. The van der Waals surface area contributed by atoms with Crippen molar-refractivity contribution in [2.75, 3.05) is 0 Å². The number of nitrogens with zero attached hydrogens (tertiary/aromatic N) is 1. The van der Waals surface area contributed by atoms with Crippen molar-refractivity contribution >= 4 is 11.8 Å². The standard InChI is InChI=1S/C32H26F3NS/c1-2-3-4-5-24-13-15-27-26(18-24)20-29(33)28(32(27)35)16-12-23-8-6-22(7-9-23)10-11-25-14-17-31(37-21-36)30(34)19-25/h6-9,14,17,19-20,24H,2-5,13,15,18H2,1H3. The minimum atomic E-state index is -0.605. The van der Waals surface area contributed by atoms with Gasteiger partial charge in [-0.1, -0.05) is 56.3 Å². The van der Waals surface area contributed by atoms with Crippen LogP contribution in [0.5, 0.6) is 0 Å². The fourth-order valence-corrected chi connectivity index (χ4v) is 4.98. The first kappa shape index (κ1) is 26.5. The van der Waals surface area contributed by atoms with Gasteiger partial charge >= 0.3 is 0 Å². The highest BCUT2D eigenvalue weighted by atomic mass is 32.2. The highest BCUT2D eigenvalue weighted by Crippen LogP contribution is 2.33. The summed E-state index contributed by atoms with van der Waals surface area (Å²) in [6.07, 6.45) is 6.95. The summed E-state index contributed by atoms with van der Waals surface area (Å²) in [4.78, 5) is 0.259. The van der Waals surface area contributed by atoms with Gasteiger partial charge < -0.3 is 0 Å². The number of thiocyanates is 1. The number of hydrogen-bond acceptors (Lipinski definition) is 2. The van der Waals surface area contributed by atoms with E-state index >= 15 is 4.39 Å². The Kier molecular flexibility index (Phi) is 9.00. The quantitative estimate of drug-likeness (QED) is 0.149. The van der Waals surface area contributed by atoms with E-state index in [2.05, 4.69) is 30.6 Å². The van der Waals surface area contributed by atoms with Crippen LogP contribution in [0.4, 0.5) is 13.2 Å². The number of rotatable bonds is 5. The number of unbranched alkanes of at least 4 members (excludes halogenated alkanes) is 2. The van der Waals surface area contributed by atoms with Gasteiger partial charge in [0.15, 0.2) is 0 Å². The third-order valence-electron chi connectivity index (χ3n) is 6.59. The SMILES string of the molecule is CCCCCC1CCc2c(cc(F)c(C#Cc3ccc(C#Cc4ccc(SC#N)c(F)c4)cc3)c2F)C1. The molecule has 3 aromatic carbocycles. The Hall–Kier alpha value is -3.59. The van der Waals surface area contributed by atoms with Crippen LogP contribution in [0, 0.1) is 57.7 Å². The van der Waals surface area contributed by atoms with E-state index in [1.54, 1.807) is 30.3 Å². The van der Waals surface area contributed by atoms with Gasteiger partial charge in [0.25, 0.3) is 0 Å². The average molecular weight is 514 g/mol. The fourth-order valence-electron chi connectivity index (χ4n) is 4.59. The van der Waals surface area contributed by atoms with Crippen LogP contribution in [-0.2, 0) is 12.8 Å². The second kappa shape index (κ2) is 12.6. The van der Waals surface area contributed by atoms with Gasteiger partial charge in [-0.25, -0.2) is 13.2 Å². The third-order valence-corrected chi connectivity index (χ3v) is 7.24. The maximum Gasteiger partial charge on any atom is 0.145 e. The van der Waals surface area contributed by atoms with E-state index in [-0.39, 0.29) is 10.5 Å². The van der Waals surface area contributed by atoms with Gasteiger partial charge in [-0.05, 0) is 96.6 Å². The molecule has 0 saturated heterocycles. The third kappa shape index (κ3) is 6.80. The lowest BCUT2D eigenvalue weighted by Gasteiger charge is -2.25. The molecule has 0 bridgehead atoms. The number of thioether (sulfide) groups is 1. The maximum atomic E-state index is 15.2. The molecule has 0 fully saturated rings. The van der Waals surface area contributed by atoms with Crippen molar-refractivity contribution in [1.29, 1.82) is 5.26 Å². The number of benzene rings is 3. The van der Waals surface area contributed by atoms with E-state index in [4.69, 9.17) is 5.26 Å². The minimum Gasteiger partial charge on any atom is -0.206 e. The molecule has 1 aliphatic rings. The molecular formula is C32H26F3NS. The first-order chi connectivity index (χ1) is 18.0. The summed E-state index contributed by atoms with van der Waals surface area (Å²) >= 11 is 0.764. The van der Waals surface area contributed by atoms with Crippen LogP contribution in [-0.4, -0.2) is 0 Å². The van der Waals surface area contributed by atoms with Crippen LogP contribution in [0.25, 0.3) is 0 Å². The molecule has 0 aliphatic heterocycles. The Labute approximate surface area is 221 Å². The minimum absolute atomic E-state index is 0.174. The van der Waals surface area contributed by atoms with Crippen molar-refractivity contribution in [3.8, 4) is 29.1 Å². The van der Waals surface area contributed by atoms with Crippen LogP contribution < -0.4 is 0 Å². The number of hydrogen-bond donors (Lipinski definition) is 0. The normalized spacial score (nSPS) is 14.0. The summed E-state index contributed by atoms with van der Waals surface area (Å²) in [6, 6.07) is 12.9. The van der Waals surface area contributed by atoms with Gasteiger partial charge in [-0.2, -0.15) is 5.26 Å². The number of nitriles is 1. The monoisotopic (exact) mass is 513 g/mol.